The van der Waals surface area contributed by atoms with Gasteiger partial charge < -0.3 is 19.5 Å². The van der Waals surface area contributed by atoms with E-state index in [0.29, 0.717) is 13.1 Å². The third-order valence-electron chi connectivity index (χ3n) is 4.78. The van der Waals surface area contributed by atoms with Crippen LogP contribution < -0.4 is 5.32 Å². The predicted octanol–water partition coefficient (Wildman–Crippen LogP) is 4.07. The number of nitrogens with zero attached hydrogens (tertiary/aromatic N) is 2. The molecule has 1 aliphatic rings. The van der Waals surface area contributed by atoms with Crippen molar-refractivity contribution in [3.05, 3.63) is 36.0 Å². The number of ether oxygens (including phenoxy) is 1. The third-order valence-corrected chi connectivity index (χ3v) is 4.78. The molecule has 1 saturated carbocycles. The molecule has 0 saturated heterocycles. The van der Waals surface area contributed by atoms with Crippen LogP contribution in [-0.4, -0.2) is 39.7 Å². The summed E-state index contributed by atoms with van der Waals surface area (Å²) in [4.78, 5) is 25.6. The average molecular weight is 386 g/mol. The lowest BCUT2D eigenvalue weighted by Gasteiger charge is -2.27. The molecule has 28 heavy (non-hydrogen) atoms. The van der Waals surface area contributed by atoms with Gasteiger partial charge in [0, 0.05) is 43.2 Å². The monoisotopic (exact) mass is 385 g/mol. The molecule has 0 radical (unpaired) electrons. The molecule has 3 rings (SSSR count). The van der Waals surface area contributed by atoms with Crippen molar-refractivity contribution in [2.45, 2.75) is 71.7 Å². The number of hydrogen-bond donors (Lipinski definition) is 1. The Bertz CT molecular complexity index is 846. The largest absolute Gasteiger partial charge is 0.444 e. The van der Waals surface area contributed by atoms with Gasteiger partial charge in [-0.05, 0) is 51.7 Å². The van der Waals surface area contributed by atoms with Gasteiger partial charge in [-0.2, -0.15) is 0 Å². The summed E-state index contributed by atoms with van der Waals surface area (Å²) in [5.41, 5.74) is 1.79. The van der Waals surface area contributed by atoms with E-state index in [1.54, 1.807) is 0 Å². The highest BCUT2D eigenvalue weighted by atomic mass is 16.6. The molecule has 0 spiro atoms. The SMILES string of the molecule is CC(=O)NCCCn1cc(CN(C(=O)OC(C)(C)C)C2CC2)c2ccccc21. The van der Waals surface area contributed by atoms with Crippen molar-refractivity contribution in [2.75, 3.05) is 6.54 Å². The normalized spacial score (nSPS) is 14.1. The Morgan fingerprint density at radius 2 is 1.96 bits per heavy atom. The van der Waals surface area contributed by atoms with Gasteiger partial charge in [-0.15, -0.1) is 0 Å². The molecule has 0 bridgehead atoms. The molecule has 1 N–H and O–H groups in total. The summed E-state index contributed by atoms with van der Waals surface area (Å²) in [5, 5.41) is 4.00. The lowest BCUT2D eigenvalue weighted by Crippen LogP contribution is -2.37. The minimum atomic E-state index is -0.498. The van der Waals surface area contributed by atoms with Gasteiger partial charge in [-0.25, -0.2) is 4.79 Å². The second kappa shape index (κ2) is 8.25. The van der Waals surface area contributed by atoms with Crippen LogP contribution in [0.2, 0.25) is 0 Å². The Morgan fingerprint density at radius 1 is 1.25 bits per heavy atom. The topological polar surface area (TPSA) is 63.6 Å². The minimum absolute atomic E-state index is 0.00418. The van der Waals surface area contributed by atoms with Gasteiger partial charge >= 0.3 is 6.09 Å². The number of fused-ring (bicyclic) bond motifs is 1. The summed E-state index contributed by atoms with van der Waals surface area (Å²) >= 11 is 0. The molecule has 1 fully saturated rings. The molecule has 0 aliphatic heterocycles. The fourth-order valence-corrected chi connectivity index (χ4v) is 3.38. The molecule has 0 unspecified atom stereocenters. The lowest BCUT2D eigenvalue weighted by atomic mass is 10.1. The van der Waals surface area contributed by atoms with Crippen molar-refractivity contribution in [1.29, 1.82) is 0 Å². The number of hydrogen-bond acceptors (Lipinski definition) is 3. The Morgan fingerprint density at radius 3 is 2.61 bits per heavy atom. The van der Waals surface area contributed by atoms with E-state index in [1.807, 2.05) is 37.8 Å². The first-order valence-corrected chi connectivity index (χ1v) is 10.1. The van der Waals surface area contributed by atoms with Crippen LogP contribution in [0.25, 0.3) is 10.9 Å². The summed E-state index contributed by atoms with van der Waals surface area (Å²) in [6.07, 6.45) is 4.83. The first kappa shape index (κ1) is 20.2. The number of amides is 2. The molecule has 2 aromatic rings. The molecule has 1 heterocycles. The average Bonchev–Trinajstić information content (AvgIpc) is 3.38. The molecule has 6 heteroatoms. The van der Waals surface area contributed by atoms with E-state index in [9.17, 15) is 9.59 Å². The van der Waals surface area contributed by atoms with Crippen LogP contribution in [0.3, 0.4) is 0 Å². The van der Waals surface area contributed by atoms with E-state index in [4.69, 9.17) is 4.74 Å². The van der Waals surface area contributed by atoms with Crippen molar-refractivity contribution in [2.24, 2.45) is 0 Å². The van der Waals surface area contributed by atoms with Crippen molar-refractivity contribution < 1.29 is 14.3 Å². The standard InChI is InChI=1S/C22H31N3O3/c1-16(26)23-12-7-13-24-14-17(19-8-5-6-9-20(19)24)15-25(18-10-11-18)21(27)28-22(2,3)4/h5-6,8-9,14,18H,7,10-13,15H2,1-4H3,(H,23,26). The predicted molar refractivity (Wildman–Crippen MR) is 110 cm³/mol. The van der Waals surface area contributed by atoms with E-state index in [2.05, 4.69) is 28.2 Å². The van der Waals surface area contributed by atoms with Gasteiger partial charge in [0.2, 0.25) is 5.91 Å². The maximum atomic E-state index is 12.7. The summed E-state index contributed by atoms with van der Waals surface area (Å²) < 4.78 is 7.85. The first-order chi connectivity index (χ1) is 13.2. The molecule has 2 amide bonds. The highest BCUT2D eigenvalue weighted by Crippen LogP contribution is 2.32. The number of rotatable bonds is 7. The van der Waals surface area contributed by atoms with E-state index in [1.165, 1.54) is 6.92 Å². The summed E-state index contributed by atoms with van der Waals surface area (Å²) in [6, 6.07) is 8.55. The second-order valence-electron chi connectivity index (χ2n) is 8.54. The molecular weight excluding hydrogens is 354 g/mol. The minimum Gasteiger partial charge on any atom is -0.444 e. The van der Waals surface area contributed by atoms with Crippen LogP contribution in [0, 0.1) is 0 Å². The lowest BCUT2D eigenvalue weighted by molar-refractivity contribution is -0.118. The van der Waals surface area contributed by atoms with Gasteiger partial charge in [-0.1, -0.05) is 18.2 Å². The van der Waals surface area contributed by atoms with Crippen LogP contribution in [0.15, 0.2) is 30.5 Å². The summed E-state index contributed by atoms with van der Waals surface area (Å²) in [7, 11) is 0. The summed E-state index contributed by atoms with van der Waals surface area (Å²) in [5.74, 6) is -0.00418. The van der Waals surface area contributed by atoms with Crippen molar-refractivity contribution in [3.63, 3.8) is 0 Å². The first-order valence-electron chi connectivity index (χ1n) is 10.1. The Hall–Kier alpha value is -2.50. The van der Waals surface area contributed by atoms with Gasteiger partial charge in [0.1, 0.15) is 5.60 Å². The van der Waals surface area contributed by atoms with Gasteiger partial charge in [0.25, 0.3) is 0 Å². The van der Waals surface area contributed by atoms with Crippen molar-refractivity contribution in [1.82, 2.24) is 14.8 Å². The Balaban J connectivity index is 1.78. The number of para-hydroxylation sites is 1. The number of aryl methyl sites for hydroxylation is 1. The smallest absolute Gasteiger partial charge is 0.410 e. The second-order valence-corrected chi connectivity index (χ2v) is 8.54. The summed E-state index contributed by atoms with van der Waals surface area (Å²) in [6.45, 7) is 9.26. The quantitative estimate of drug-likeness (QED) is 0.731. The molecule has 0 atom stereocenters. The fraction of sp³-hybridized carbons (Fsp3) is 0.545. The van der Waals surface area contributed by atoms with Gasteiger partial charge in [0.15, 0.2) is 0 Å². The highest BCUT2D eigenvalue weighted by Gasteiger charge is 2.35. The van der Waals surface area contributed by atoms with E-state index < -0.39 is 5.60 Å². The van der Waals surface area contributed by atoms with E-state index in [0.717, 1.165) is 42.3 Å². The van der Waals surface area contributed by atoms with E-state index >= 15 is 0 Å². The zero-order chi connectivity index (χ0) is 20.3. The Labute approximate surface area is 166 Å². The number of carbonyl (C=O) groups is 2. The van der Waals surface area contributed by atoms with E-state index in [-0.39, 0.29) is 18.0 Å². The molecule has 1 aromatic heterocycles. The van der Waals surface area contributed by atoms with Gasteiger partial charge in [-0.3, -0.25) is 4.79 Å². The van der Waals surface area contributed by atoms with Crippen LogP contribution in [-0.2, 0) is 22.6 Å². The van der Waals surface area contributed by atoms with Gasteiger partial charge in [0.05, 0.1) is 6.54 Å². The molecule has 1 aliphatic carbocycles. The van der Waals surface area contributed by atoms with Crippen LogP contribution in [0.5, 0.6) is 0 Å². The molecular formula is C22H31N3O3. The number of carbonyl (C=O) groups excluding carboxylic acids is 2. The maximum absolute atomic E-state index is 12.7. The zero-order valence-electron chi connectivity index (χ0n) is 17.3. The molecule has 1 aromatic carbocycles. The molecule has 152 valence electrons. The number of benzene rings is 1. The highest BCUT2D eigenvalue weighted by molar-refractivity contribution is 5.84. The number of nitrogens with one attached hydrogen (secondary N) is 1. The van der Waals surface area contributed by atoms with Crippen LogP contribution >= 0.6 is 0 Å². The Kier molecular flexibility index (Phi) is 5.96. The third kappa shape index (κ3) is 5.27. The fourth-order valence-electron chi connectivity index (χ4n) is 3.38. The number of aromatic nitrogens is 1. The maximum Gasteiger partial charge on any atom is 0.410 e. The molecule has 6 nitrogen and oxygen atoms in total. The van der Waals surface area contributed by atoms with Crippen molar-refractivity contribution in [3.8, 4) is 0 Å². The van der Waals surface area contributed by atoms with Crippen LogP contribution in [0.1, 0.15) is 52.5 Å². The van der Waals surface area contributed by atoms with Crippen LogP contribution in [0.4, 0.5) is 4.79 Å². The zero-order valence-corrected chi connectivity index (χ0v) is 17.3. The van der Waals surface area contributed by atoms with Crippen molar-refractivity contribution >= 4 is 22.9 Å².